The quantitative estimate of drug-likeness (QED) is 0.260. The smallest absolute Gasteiger partial charge is 0.410 e. The molecule has 2 aliphatic rings. The molecule has 1 amide bonds. The number of hydrogen-bond acceptors (Lipinski definition) is 8. The number of aromatic nitrogens is 3. The number of carbonyl (C=O) groups is 1. The van der Waals surface area contributed by atoms with E-state index in [-0.39, 0.29) is 65.9 Å². The van der Waals surface area contributed by atoms with Gasteiger partial charge in [-0.15, -0.1) is 0 Å². The first kappa shape index (κ1) is 32.1. The van der Waals surface area contributed by atoms with Gasteiger partial charge in [0.05, 0.1) is 41.0 Å². The third-order valence-electron chi connectivity index (χ3n) is 8.35. The molecule has 47 heavy (non-hydrogen) atoms. The highest BCUT2D eigenvalue weighted by Crippen LogP contribution is 2.46. The number of aryl methyl sites for hydroxylation is 1. The van der Waals surface area contributed by atoms with E-state index in [1.165, 1.54) is 28.7 Å². The summed E-state index contributed by atoms with van der Waals surface area (Å²) in [6.45, 7) is 11.5. The molecule has 2 aromatic carbocycles. The van der Waals surface area contributed by atoms with Crippen molar-refractivity contribution in [3.05, 3.63) is 69.7 Å². The fourth-order valence-electron chi connectivity index (χ4n) is 6.24. The van der Waals surface area contributed by atoms with E-state index in [4.69, 9.17) is 14.2 Å². The Bertz CT molecular complexity index is 1970. The highest BCUT2D eigenvalue weighted by Gasteiger charge is 2.39. The minimum Gasteiger partial charge on any atom is -0.496 e. The fraction of sp³-hybridized carbons (Fsp3) is 0.412. The van der Waals surface area contributed by atoms with Crippen molar-refractivity contribution >= 4 is 22.8 Å². The number of halogens is 3. The van der Waals surface area contributed by atoms with Gasteiger partial charge < -0.3 is 24.0 Å². The Morgan fingerprint density at radius 2 is 1.85 bits per heavy atom. The van der Waals surface area contributed by atoms with Gasteiger partial charge in [-0.2, -0.15) is 4.98 Å². The first-order valence-electron chi connectivity index (χ1n) is 15.4. The lowest BCUT2D eigenvalue weighted by molar-refractivity contribution is 0.0201. The Morgan fingerprint density at radius 3 is 2.53 bits per heavy atom. The number of methoxy groups -OCH3 is 1. The van der Waals surface area contributed by atoms with Crippen molar-refractivity contribution < 1.29 is 32.2 Å². The van der Waals surface area contributed by atoms with E-state index in [0.717, 1.165) is 6.07 Å². The summed E-state index contributed by atoms with van der Waals surface area (Å²) in [6.07, 6.45) is 1.13. The maximum Gasteiger partial charge on any atom is 0.410 e. The summed E-state index contributed by atoms with van der Waals surface area (Å²) in [4.78, 5) is 39.6. The van der Waals surface area contributed by atoms with Crippen LogP contribution in [0.25, 0.3) is 27.7 Å². The molecule has 0 bridgehead atoms. The van der Waals surface area contributed by atoms with Gasteiger partial charge in [0.15, 0.2) is 23.2 Å². The molecule has 6 rings (SSSR count). The van der Waals surface area contributed by atoms with Crippen molar-refractivity contribution in [2.45, 2.75) is 59.1 Å². The summed E-state index contributed by atoms with van der Waals surface area (Å²) in [5.41, 5.74) is -0.343. The standard InChI is InChI=1S/C34H36F3N5O5/c1-17(2)28-29(18(3)10-11-38-28)42-22-14-20(24-23(45-7)9-8-21(35)27(24)37)26(36)30-25(22)31(39-32(42)43)41-13-12-40(15-19(41)16-46-30)33(44)47-34(4,5)6/h8-11,14,17,19H,12-13,15-16H2,1-7H3/t19-/m1/s1. The summed E-state index contributed by atoms with van der Waals surface area (Å²) in [7, 11) is 1.26. The number of benzene rings is 2. The minimum atomic E-state index is -1.32. The van der Waals surface area contributed by atoms with Crippen LogP contribution >= 0.6 is 0 Å². The Kier molecular flexibility index (Phi) is 8.05. The van der Waals surface area contributed by atoms with Gasteiger partial charge in [0, 0.05) is 31.4 Å². The molecule has 1 saturated heterocycles. The lowest BCUT2D eigenvalue weighted by Gasteiger charge is -2.41. The molecular formula is C34H36F3N5O5. The SMILES string of the molecule is COc1ccc(F)c(F)c1-c1cc2c3c(nc(=O)n2-c2c(C)ccnc2C(C)C)N2CCN(C(=O)OC(C)(C)C)C[C@@H]2COc3c1F. The van der Waals surface area contributed by atoms with Crippen molar-refractivity contribution in [2.75, 3.05) is 38.3 Å². The zero-order valence-corrected chi connectivity index (χ0v) is 27.3. The van der Waals surface area contributed by atoms with Gasteiger partial charge in [0.1, 0.15) is 23.8 Å². The molecule has 1 atom stereocenters. The van der Waals surface area contributed by atoms with Crippen LogP contribution in [0.4, 0.5) is 23.8 Å². The van der Waals surface area contributed by atoms with Crippen molar-refractivity contribution in [1.29, 1.82) is 0 Å². The molecule has 0 unspecified atom stereocenters. The monoisotopic (exact) mass is 651 g/mol. The van der Waals surface area contributed by atoms with Crippen LogP contribution in [0, 0.1) is 24.4 Å². The highest BCUT2D eigenvalue weighted by atomic mass is 19.2. The van der Waals surface area contributed by atoms with Crippen molar-refractivity contribution in [1.82, 2.24) is 19.4 Å². The summed E-state index contributed by atoms with van der Waals surface area (Å²) in [5.74, 6) is -3.87. The molecule has 13 heteroatoms. The number of hydrogen-bond donors (Lipinski definition) is 0. The Balaban J connectivity index is 1.65. The third kappa shape index (κ3) is 5.51. The van der Waals surface area contributed by atoms with Crippen molar-refractivity contribution in [3.63, 3.8) is 0 Å². The van der Waals surface area contributed by atoms with E-state index in [0.29, 0.717) is 16.9 Å². The second kappa shape index (κ2) is 11.8. The van der Waals surface area contributed by atoms with Gasteiger partial charge in [-0.05, 0) is 63.4 Å². The lowest BCUT2D eigenvalue weighted by atomic mass is 9.99. The predicted octanol–water partition coefficient (Wildman–Crippen LogP) is 6.12. The third-order valence-corrected chi connectivity index (χ3v) is 8.35. The zero-order chi connectivity index (χ0) is 33.9. The molecule has 1 fully saturated rings. The molecule has 0 spiro atoms. The van der Waals surface area contributed by atoms with Crippen LogP contribution in [-0.4, -0.2) is 70.5 Å². The van der Waals surface area contributed by atoms with Gasteiger partial charge in [0.2, 0.25) is 0 Å². The molecule has 248 valence electrons. The van der Waals surface area contributed by atoms with Crippen LogP contribution in [0.5, 0.6) is 11.5 Å². The average molecular weight is 652 g/mol. The van der Waals surface area contributed by atoms with Crippen molar-refractivity contribution in [3.8, 4) is 28.3 Å². The van der Waals surface area contributed by atoms with Crippen LogP contribution in [0.15, 0.2) is 35.3 Å². The number of anilines is 1. The predicted molar refractivity (Wildman–Crippen MR) is 170 cm³/mol. The van der Waals surface area contributed by atoms with Gasteiger partial charge in [-0.3, -0.25) is 9.55 Å². The number of piperazine rings is 1. The zero-order valence-electron chi connectivity index (χ0n) is 27.3. The second-order valence-corrected chi connectivity index (χ2v) is 13.1. The van der Waals surface area contributed by atoms with E-state index >= 15 is 8.78 Å². The highest BCUT2D eigenvalue weighted by molar-refractivity contribution is 6.00. The van der Waals surface area contributed by atoms with Crippen LogP contribution in [-0.2, 0) is 4.74 Å². The molecule has 0 N–H and O–H groups in total. The molecule has 4 heterocycles. The Hall–Kier alpha value is -4.81. The molecule has 2 aliphatic heterocycles. The largest absolute Gasteiger partial charge is 0.496 e. The number of rotatable bonds is 4. The fourth-order valence-corrected chi connectivity index (χ4v) is 6.24. The summed E-state index contributed by atoms with van der Waals surface area (Å²) in [5, 5.41) is 0.174. The van der Waals surface area contributed by atoms with E-state index in [2.05, 4.69) is 9.97 Å². The van der Waals surface area contributed by atoms with Gasteiger partial charge in [-0.25, -0.2) is 22.8 Å². The maximum atomic E-state index is 16.8. The molecule has 0 saturated carbocycles. The molecule has 0 aliphatic carbocycles. The summed E-state index contributed by atoms with van der Waals surface area (Å²) >= 11 is 0. The van der Waals surface area contributed by atoms with E-state index in [1.54, 1.807) is 33.0 Å². The Morgan fingerprint density at radius 1 is 1.11 bits per heavy atom. The van der Waals surface area contributed by atoms with Crippen LogP contribution in [0.2, 0.25) is 0 Å². The topological polar surface area (TPSA) is 99.0 Å². The molecule has 2 aromatic heterocycles. The summed E-state index contributed by atoms with van der Waals surface area (Å²) < 4.78 is 65.4. The Labute approximate surface area is 269 Å². The lowest BCUT2D eigenvalue weighted by Crippen LogP contribution is -2.57. The molecular weight excluding hydrogens is 615 g/mol. The van der Waals surface area contributed by atoms with Gasteiger partial charge >= 0.3 is 11.8 Å². The van der Waals surface area contributed by atoms with Crippen LogP contribution in [0.3, 0.4) is 0 Å². The average Bonchev–Trinajstić information content (AvgIpc) is 3.17. The first-order valence-corrected chi connectivity index (χ1v) is 15.4. The number of nitrogens with zero attached hydrogens (tertiary/aromatic N) is 5. The molecule has 4 aromatic rings. The number of pyridine rings is 1. The van der Waals surface area contributed by atoms with Crippen LogP contribution in [0.1, 0.15) is 51.8 Å². The van der Waals surface area contributed by atoms with E-state index in [9.17, 15) is 14.0 Å². The molecule has 10 nitrogen and oxygen atoms in total. The second-order valence-electron chi connectivity index (χ2n) is 13.1. The summed E-state index contributed by atoms with van der Waals surface area (Å²) in [6, 6.07) is 4.61. The normalized spacial score (nSPS) is 16.2. The number of amides is 1. The number of ether oxygens (including phenoxy) is 3. The van der Waals surface area contributed by atoms with Crippen molar-refractivity contribution in [2.24, 2.45) is 0 Å². The number of carbonyl (C=O) groups excluding carboxylic acids is 1. The van der Waals surface area contributed by atoms with Gasteiger partial charge in [0.25, 0.3) is 0 Å². The number of fused-ring (bicyclic) bond motifs is 2. The van der Waals surface area contributed by atoms with E-state index < -0.39 is 46.4 Å². The minimum absolute atomic E-state index is 0.106. The maximum absolute atomic E-state index is 16.8. The molecule has 0 radical (unpaired) electrons. The van der Waals surface area contributed by atoms with E-state index in [1.807, 2.05) is 25.7 Å². The van der Waals surface area contributed by atoms with Crippen LogP contribution < -0.4 is 20.1 Å². The first-order chi connectivity index (χ1) is 22.2. The van der Waals surface area contributed by atoms with Gasteiger partial charge in [-0.1, -0.05) is 13.8 Å².